The van der Waals surface area contributed by atoms with Crippen LogP contribution in [0.2, 0.25) is 0 Å². The van der Waals surface area contributed by atoms with Gasteiger partial charge in [-0.15, -0.1) is 0 Å². The predicted molar refractivity (Wildman–Crippen MR) is 63.5 cm³/mol. The summed E-state index contributed by atoms with van der Waals surface area (Å²) in [5, 5.41) is 13.9. The van der Waals surface area contributed by atoms with E-state index >= 15 is 0 Å². The van der Waals surface area contributed by atoms with Crippen LogP contribution in [-0.4, -0.2) is 38.8 Å². The number of aromatic nitrogens is 2. The van der Waals surface area contributed by atoms with Crippen LogP contribution in [0.3, 0.4) is 0 Å². The Balaban J connectivity index is 1.91. The first-order valence-electron chi connectivity index (χ1n) is 6.10. The van der Waals surface area contributed by atoms with Gasteiger partial charge in [0.1, 0.15) is 0 Å². The van der Waals surface area contributed by atoms with E-state index < -0.39 is 5.60 Å². The Hall–Kier alpha value is -0.940. The molecule has 96 valence electrons. The summed E-state index contributed by atoms with van der Waals surface area (Å²) in [5.74, 6) is 1.37. The summed E-state index contributed by atoms with van der Waals surface area (Å²) in [6.07, 6.45) is 0.795. The molecule has 0 amide bonds. The van der Waals surface area contributed by atoms with E-state index in [0.29, 0.717) is 31.3 Å². The SMILES string of the molecule is CCC1(O)CN(Cc2noc(C(C)(C)C)n2)C1. The van der Waals surface area contributed by atoms with Crippen LogP contribution >= 0.6 is 0 Å². The molecule has 1 aromatic heterocycles. The first kappa shape index (κ1) is 12.5. The second-order valence-corrected chi connectivity index (χ2v) is 5.99. The Morgan fingerprint density at radius 2 is 2.06 bits per heavy atom. The molecule has 0 radical (unpaired) electrons. The number of aliphatic hydroxyl groups is 1. The third-order valence-electron chi connectivity index (χ3n) is 3.17. The standard InChI is InChI=1S/C12H21N3O2/c1-5-12(16)7-15(8-12)6-9-13-10(17-14-9)11(2,3)4/h16H,5-8H2,1-4H3. The van der Waals surface area contributed by atoms with Crippen molar-refractivity contribution in [2.75, 3.05) is 13.1 Å². The molecule has 1 aliphatic rings. The van der Waals surface area contributed by atoms with Gasteiger partial charge in [-0.25, -0.2) is 0 Å². The largest absolute Gasteiger partial charge is 0.387 e. The summed E-state index contributed by atoms with van der Waals surface area (Å²) in [4.78, 5) is 6.50. The molecular formula is C12H21N3O2. The molecule has 5 nitrogen and oxygen atoms in total. The lowest BCUT2D eigenvalue weighted by Gasteiger charge is -2.45. The van der Waals surface area contributed by atoms with E-state index in [1.807, 2.05) is 27.7 Å². The molecule has 0 spiro atoms. The maximum Gasteiger partial charge on any atom is 0.232 e. The lowest BCUT2D eigenvalue weighted by atomic mass is 9.91. The molecule has 17 heavy (non-hydrogen) atoms. The molecule has 0 saturated carbocycles. The van der Waals surface area contributed by atoms with Crippen molar-refractivity contribution in [2.45, 2.75) is 51.7 Å². The van der Waals surface area contributed by atoms with E-state index in [2.05, 4.69) is 15.0 Å². The molecule has 2 heterocycles. The molecule has 1 fully saturated rings. The normalized spacial score (nSPS) is 20.3. The zero-order chi connectivity index (χ0) is 12.7. The number of rotatable bonds is 3. The molecule has 0 aliphatic carbocycles. The molecule has 0 aromatic carbocycles. The summed E-state index contributed by atoms with van der Waals surface area (Å²) in [7, 11) is 0. The monoisotopic (exact) mass is 239 g/mol. The van der Waals surface area contributed by atoms with Crippen LogP contribution in [0.4, 0.5) is 0 Å². The lowest BCUT2D eigenvalue weighted by molar-refractivity contribution is -0.104. The van der Waals surface area contributed by atoms with Gasteiger partial charge in [0.25, 0.3) is 0 Å². The molecule has 0 bridgehead atoms. The molecule has 1 aromatic rings. The fourth-order valence-corrected chi connectivity index (χ4v) is 1.94. The molecule has 2 rings (SSSR count). The average Bonchev–Trinajstić information content (AvgIpc) is 2.63. The smallest absolute Gasteiger partial charge is 0.232 e. The van der Waals surface area contributed by atoms with Gasteiger partial charge in [0, 0.05) is 18.5 Å². The van der Waals surface area contributed by atoms with Crippen LogP contribution in [0.5, 0.6) is 0 Å². The van der Waals surface area contributed by atoms with E-state index in [4.69, 9.17) is 4.52 Å². The molecule has 0 atom stereocenters. The van der Waals surface area contributed by atoms with Crippen molar-refractivity contribution < 1.29 is 9.63 Å². The van der Waals surface area contributed by atoms with E-state index in [-0.39, 0.29) is 5.41 Å². The van der Waals surface area contributed by atoms with Crippen LogP contribution < -0.4 is 0 Å². The van der Waals surface area contributed by atoms with Crippen molar-refractivity contribution in [3.05, 3.63) is 11.7 Å². The minimum atomic E-state index is -0.503. The summed E-state index contributed by atoms with van der Waals surface area (Å²) < 4.78 is 5.23. The number of hydrogen-bond donors (Lipinski definition) is 1. The topological polar surface area (TPSA) is 62.4 Å². The quantitative estimate of drug-likeness (QED) is 0.862. The van der Waals surface area contributed by atoms with Crippen molar-refractivity contribution in [1.29, 1.82) is 0 Å². The van der Waals surface area contributed by atoms with Crippen LogP contribution in [0.15, 0.2) is 4.52 Å². The van der Waals surface area contributed by atoms with E-state index in [9.17, 15) is 5.11 Å². The number of likely N-dealkylation sites (tertiary alicyclic amines) is 1. The highest BCUT2D eigenvalue weighted by Crippen LogP contribution is 2.26. The van der Waals surface area contributed by atoms with Crippen LogP contribution in [0.1, 0.15) is 45.8 Å². The zero-order valence-corrected chi connectivity index (χ0v) is 11.0. The summed E-state index contributed by atoms with van der Waals surface area (Å²) >= 11 is 0. The summed E-state index contributed by atoms with van der Waals surface area (Å²) in [5.41, 5.74) is -0.610. The molecule has 1 N–H and O–H groups in total. The fourth-order valence-electron chi connectivity index (χ4n) is 1.94. The highest BCUT2D eigenvalue weighted by Gasteiger charge is 2.39. The van der Waals surface area contributed by atoms with Crippen LogP contribution in [0, 0.1) is 0 Å². The second-order valence-electron chi connectivity index (χ2n) is 5.99. The fraction of sp³-hybridized carbons (Fsp3) is 0.833. The van der Waals surface area contributed by atoms with E-state index in [0.717, 1.165) is 6.42 Å². The molecule has 0 unspecified atom stereocenters. The van der Waals surface area contributed by atoms with Crippen molar-refractivity contribution in [2.24, 2.45) is 0 Å². The molecule has 1 saturated heterocycles. The first-order valence-corrected chi connectivity index (χ1v) is 6.10. The van der Waals surface area contributed by atoms with Gasteiger partial charge in [0.2, 0.25) is 5.89 Å². The Labute approximate surface area is 102 Å². The number of nitrogens with zero attached hydrogens (tertiary/aromatic N) is 3. The number of β-amino-alcohol motifs (C(OH)–C–C–N with tert-alkyl or cyclic N) is 1. The van der Waals surface area contributed by atoms with Crippen molar-refractivity contribution in [3.8, 4) is 0 Å². The highest BCUT2D eigenvalue weighted by molar-refractivity contribution is 5.01. The van der Waals surface area contributed by atoms with Gasteiger partial charge in [0.05, 0.1) is 12.1 Å². The predicted octanol–water partition coefficient (Wildman–Crippen LogP) is 1.32. The van der Waals surface area contributed by atoms with Gasteiger partial charge in [-0.2, -0.15) is 4.98 Å². The minimum absolute atomic E-state index is 0.107. The Morgan fingerprint density at radius 3 is 2.53 bits per heavy atom. The van der Waals surface area contributed by atoms with E-state index in [1.165, 1.54) is 0 Å². The summed E-state index contributed by atoms with van der Waals surface area (Å²) in [6.45, 7) is 10.2. The van der Waals surface area contributed by atoms with Gasteiger partial charge in [0.15, 0.2) is 5.82 Å². The third-order valence-corrected chi connectivity index (χ3v) is 3.17. The summed E-state index contributed by atoms with van der Waals surface area (Å²) in [6, 6.07) is 0. The van der Waals surface area contributed by atoms with Gasteiger partial charge in [-0.05, 0) is 6.42 Å². The number of hydrogen-bond acceptors (Lipinski definition) is 5. The van der Waals surface area contributed by atoms with Crippen molar-refractivity contribution in [3.63, 3.8) is 0 Å². The second kappa shape index (κ2) is 4.07. The lowest BCUT2D eigenvalue weighted by Crippen LogP contribution is -2.60. The minimum Gasteiger partial charge on any atom is -0.387 e. The molecule has 1 aliphatic heterocycles. The van der Waals surface area contributed by atoms with Crippen LogP contribution in [0.25, 0.3) is 0 Å². The van der Waals surface area contributed by atoms with Gasteiger partial charge in [-0.3, -0.25) is 4.90 Å². The third kappa shape index (κ3) is 2.66. The Morgan fingerprint density at radius 1 is 1.41 bits per heavy atom. The van der Waals surface area contributed by atoms with E-state index in [1.54, 1.807) is 0 Å². The average molecular weight is 239 g/mol. The van der Waals surface area contributed by atoms with Gasteiger partial charge < -0.3 is 9.63 Å². The van der Waals surface area contributed by atoms with Gasteiger partial charge >= 0.3 is 0 Å². The Bertz CT molecular complexity index is 389. The Kier molecular flexibility index (Phi) is 2.99. The zero-order valence-electron chi connectivity index (χ0n) is 11.0. The van der Waals surface area contributed by atoms with Crippen molar-refractivity contribution in [1.82, 2.24) is 15.0 Å². The maximum atomic E-state index is 9.90. The van der Waals surface area contributed by atoms with Crippen LogP contribution in [-0.2, 0) is 12.0 Å². The van der Waals surface area contributed by atoms with Crippen molar-refractivity contribution >= 4 is 0 Å². The molecular weight excluding hydrogens is 218 g/mol. The highest BCUT2D eigenvalue weighted by atomic mass is 16.5. The molecule has 5 heteroatoms. The first-order chi connectivity index (χ1) is 7.82. The van der Waals surface area contributed by atoms with Gasteiger partial charge in [-0.1, -0.05) is 32.9 Å². The maximum absolute atomic E-state index is 9.90.